The van der Waals surface area contributed by atoms with Crippen molar-refractivity contribution in [3.8, 4) is 0 Å². The van der Waals surface area contributed by atoms with Crippen LogP contribution < -0.4 is 10.7 Å². The van der Waals surface area contributed by atoms with Gasteiger partial charge in [-0.2, -0.15) is 5.10 Å². The number of hydrogen-bond donors (Lipinski definition) is 2. The lowest BCUT2D eigenvalue weighted by atomic mass is 10.0. The predicted octanol–water partition coefficient (Wildman–Crippen LogP) is -0.620. The molecular weight excluding hydrogens is 248 g/mol. The molecule has 0 unspecified atom stereocenters. The lowest BCUT2D eigenvalue weighted by Gasteiger charge is -2.31. The van der Waals surface area contributed by atoms with E-state index in [4.69, 9.17) is 0 Å². The highest BCUT2D eigenvalue weighted by Gasteiger charge is 2.24. The molecule has 0 atom stereocenters. The van der Waals surface area contributed by atoms with E-state index in [9.17, 15) is 14.4 Å². The van der Waals surface area contributed by atoms with Gasteiger partial charge in [0.1, 0.15) is 5.71 Å². The fraction of sp³-hybridized carbons (Fsp3) is 0.667. The van der Waals surface area contributed by atoms with Gasteiger partial charge in [0.2, 0.25) is 11.8 Å². The molecule has 1 saturated heterocycles. The Balaban J connectivity index is 1.81. The Morgan fingerprint density at radius 3 is 2.53 bits per heavy atom. The molecule has 2 N–H and O–H groups in total. The minimum Gasteiger partial charge on any atom is -0.348 e. The summed E-state index contributed by atoms with van der Waals surface area (Å²) >= 11 is 0. The zero-order chi connectivity index (χ0) is 13.8. The van der Waals surface area contributed by atoms with Crippen LogP contribution in [-0.2, 0) is 14.4 Å². The zero-order valence-electron chi connectivity index (χ0n) is 10.9. The van der Waals surface area contributed by atoms with Crippen LogP contribution in [0.1, 0.15) is 32.6 Å². The SMILES string of the molecule is CC(=O)N1CCC(NC(=O)C2=NNC(=O)CC2)CC1. The second kappa shape index (κ2) is 5.81. The van der Waals surface area contributed by atoms with Crippen LogP contribution in [0.4, 0.5) is 0 Å². The van der Waals surface area contributed by atoms with Gasteiger partial charge in [-0.25, -0.2) is 5.43 Å². The van der Waals surface area contributed by atoms with Gasteiger partial charge in [-0.3, -0.25) is 14.4 Å². The minimum atomic E-state index is -0.221. The van der Waals surface area contributed by atoms with Crippen LogP contribution in [0.25, 0.3) is 0 Å². The van der Waals surface area contributed by atoms with Crippen LogP contribution in [-0.4, -0.2) is 47.5 Å². The Bertz CT molecular complexity index is 425. The van der Waals surface area contributed by atoms with E-state index in [1.807, 2.05) is 0 Å². The Kier molecular flexibility index (Phi) is 4.13. The molecule has 104 valence electrons. The fourth-order valence-electron chi connectivity index (χ4n) is 2.25. The van der Waals surface area contributed by atoms with Crippen LogP contribution in [0.3, 0.4) is 0 Å². The third kappa shape index (κ3) is 3.52. The maximum absolute atomic E-state index is 11.9. The number of hydrogen-bond acceptors (Lipinski definition) is 4. The number of rotatable bonds is 2. The quantitative estimate of drug-likeness (QED) is 0.698. The molecule has 0 spiro atoms. The van der Waals surface area contributed by atoms with E-state index in [-0.39, 0.29) is 23.8 Å². The van der Waals surface area contributed by atoms with Gasteiger partial charge >= 0.3 is 0 Å². The second-order valence-electron chi connectivity index (χ2n) is 4.85. The van der Waals surface area contributed by atoms with Gasteiger partial charge in [0.05, 0.1) is 0 Å². The highest BCUT2D eigenvalue weighted by molar-refractivity contribution is 6.39. The molecule has 2 rings (SSSR count). The van der Waals surface area contributed by atoms with E-state index in [0.717, 1.165) is 12.8 Å². The van der Waals surface area contributed by atoms with Crippen LogP contribution >= 0.6 is 0 Å². The molecule has 2 aliphatic heterocycles. The van der Waals surface area contributed by atoms with Gasteiger partial charge in [-0.15, -0.1) is 0 Å². The minimum absolute atomic E-state index is 0.0726. The number of nitrogens with one attached hydrogen (secondary N) is 2. The Labute approximate surface area is 111 Å². The summed E-state index contributed by atoms with van der Waals surface area (Å²) in [5.74, 6) is -0.309. The maximum atomic E-state index is 11.9. The smallest absolute Gasteiger partial charge is 0.267 e. The standard InChI is InChI=1S/C12H18N4O3/c1-8(17)16-6-4-9(5-7-16)13-12(19)10-2-3-11(18)15-14-10/h9H,2-7H2,1H3,(H,13,19)(H,15,18). The Morgan fingerprint density at radius 1 is 1.32 bits per heavy atom. The molecule has 0 aromatic heterocycles. The van der Waals surface area contributed by atoms with Crippen LogP contribution in [0.15, 0.2) is 5.10 Å². The van der Waals surface area contributed by atoms with E-state index < -0.39 is 0 Å². The van der Waals surface area contributed by atoms with Crippen molar-refractivity contribution < 1.29 is 14.4 Å². The van der Waals surface area contributed by atoms with Crippen LogP contribution in [0.2, 0.25) is 0 Å². The molecule has 0 aromatic carbocycles. The Hall–Kier alpha value is -1.92. The van der Waals surface area contributed by atoms with Gasteiger partial charge in [0.15, 0.2) is 0 Å². The average Bonchev–Trinajstić information content (AvgIpc) is 2.40. The summed E-state index contributed by atoms with van der Waals surface area (Å²) < 4.78 is 0. The van der Waals surface area contributed by atoms with E-state index in [1.54, 1.807) is 11.8 Å². The topological polar surface area (TPSA) is 90.9 Å². The molecule has 3 amide bonds. The summed E-state index contributed by atoms with van der Waals surface area (Å²) in [6.07, 6.45) is 2.19. The number of carbonyl (C=O) groups is 3. The Morgan fingerprint density at radius 2 is 2.00 bits per heavy atom. The number of carbonyl (C=O) groups excluding carboxylic acids is 3. The molecular formula is C12H18N4O3. The predicted molar refractivity (Wildman–Crippen MR) is 68.2 cm³/mol. The largest absolute Gasteiger partial charge is 0.348 e. The van der Waals surface area contributed by atoms with Crippen LogP contribution in [0.5, 0.6) is 0 Å². The third-order valence-electron chi connectivity index (χ3n) is 3.44. The van der Waals surface area contributed by atoms with Crippen molar-refractivity contribution in [3.63, 3.8) is 0 Å². The summed E-state index contributed by atoms with van der Waals surface area (Å²) in [6.45, 7) is 2.89. The number of likely N-dealkylation sites (tertiary alicyclic amines) is 1. The van der Waals surface area contributed by atoms with E-state index in [0.29, 0.717) is 31.6 Å². The molecule has 1 fully saturated rings. The summed E-state index contributed by atoms with van der Waals surface area (Å²) in [4.78, 5) is 35.8. The molecule has 7 heteroatoms. The molecule has 0 aromatic rings. The summed E-state index contributed by atoms with van der Waals surface area (Å²) in [5.41, 5.74) is 2.68. The van der Waals surface area contributed by atoms with Crippen molar-refractivity contribution in [1.82, 2.24) is 15.6 Å². The monoisotopic (exact) mass is 266 g/mol. The van der Waals surface area contributed by atoms with E-state index >= 15 is 0 Å². The van der Waals surface area contributed by atoms with Crippen LogP contribution in [0, 0.1) is 0 Å². The summed E-state index contributed by atoms with van der Waals surface area (Å²) in [7, 11) is 0. The van der Waals surface area contributed by atoms with E-state index in [2.05, 4.69) is 15.8 Å². The van der Waals surface area contributed by atoms with Gasteiger partial charge in [0, 0.05) is 38.9 Å². The molecule has 0 radical (unpaired) electrons. The number of hydrazone groups is 1. The third-order valence-corrected chi connectivity index (χ3v) is 3.44. The lowest BCUT2D eigenvalue weighted by Crippen LogP contribution is -2.48. The highest BCUT2D eigenvalue weighted by Crippen LogP contribution is 2.11. The summed E-state index contributed by atoms with van der Waals surface area (Å²) in [5, 5.41) is 6.66. The van der Waals surface area contributed by atoms with Crippen molar-refractivity contribution in [3.05, 3.63) is 0 Å². The van der Waals surface area contributed by atoms with Gasteiger partial charge in [-0.05, 0) is 12.8 Å². The average molecular weight is 266 g/mol. The first-order valence-corrected chi connectivity index (χ1v) is 6.48. The van der Waals surface area contributed by atoms with Crippen molar-refractivity contribution >= 4 is 23.4 Å². The first-order valence-electron chi connectivity index (χ1n) is 6.48. The van der Waals surface area contributed by atoms with Gasteiger partial charge in [0.25, 0.3) is 5.91 Å². The first-order chi connectivity index (χ1) is 9.06. The van der Waals surface area contributed by atoms with E-state index in [1.165, 1.54) is 0 Å². The normalized spacial score (nSPS) is 20.6. The number of nitrogens with zero attached hydrogens (tertiary/aromatic N) is 2. The van der Waals surface area contributed by atoms with Gasteiger partial charge in [-0.1, -0.05) is 0 Å². The first kappa shape index (κ1) is 13.5. The van der Waals surface area contributed by atoms with Crippen molar-refractivity contribution in [1.29, 1.82) is 0 Å². The molecule has 0 saturated carbocycles. The number of amides is 3. The lowest BCUT2D eigenvalue weighted by molar-refractivity contribution is -0.130. The molecule has 7 nitrogen and oxygen atoms in total. The maximum Gasteiger partial charge on any atom is 0.267 e. The highest BCUT2D eigenvalue weighted by atomic mass is 16.2. The van der Waals surface area contributed by atoms with Crippen molar-refractivity contribution in [2.24, 2.45) is 5.10 Å². The zero-order valence-corrected chi connectivity index (χ0v) is 10.9. The van der Waals surface area contributed by atoms with Crippen molar-refractivity contribution in [2.45, 2.75) is 38.6 Å². The van der Waals surface area contributed by atoms with Gasteiger partial charge < -0.3 is 10.2 Å². The molecule has 0 aliphatic carbocycles. The number of piperidine rings is 1. The fourth-order valence-corrected chi connectivity index (χ4v) is 2.25. The molecule has 2 aliphatic rings. The second-order valence-corrected chi connectivity index (χ2v) is 4.85. The van der Waals surface area contributed by atoms with Crippen molar-refractivity contribution in [2.75, 3.05) is 13.1 Å². The summed E-state index contributed by atoms with van der Waals surface area (Å²) in [6, 6.07) is 0.0726. The molecule has 2 heterocycles. The molecule has 19 heavy (non-hydrogen) atoms. The molecule has 0 bridgehead atoms.